The van der Waals surface area contributed by atoms with Crippen molar-refractivity contribution in [1.82, 2.24) is 10.2 Å². The Labute approximate surface area is 159 Å². The van der Waals surface area contributed by atoms with Gasteiger partial charge in [-0.15, -0.1) is 0 Å². The molecule has 138 valence electrons. The third kappa shape index (κ3) is 5.34. The van der Waals surface area contributed by atoms with Gasteiger partial charge in [-0.05, 0) is 49.2 Å². The fourth-order valence-electron chi connectivity index (χ4n) is 3.29. The average molecular weight is 371 g/mol. The first-order valence-corrected chi connectivity index (χ1v) is 9.96. The molecule has 1 fully saturated rings. The summed E-state index contributed by atoms with van der Waals surface area (Å²) >= 11 is 1.77. The average Bonchev–Trinajstić information content (AvgIpc) is 2.61. The van der Waals surface area contributed by atoms with E-state index in [0.717, 1.165) is 25.9 Å². The summed E-state index contributed by atoms with van der Waals surface area (Å²) < 4.78 is 0. The minimum atomic E-state index is -0.739. The number of aliphatic carboxylic acids is 1. The number of benzene rings is 2. The van der Waals surface area contributed by atoms with E-state index in [-0.39, 0.29) is 6.54 Å². The second-order valence-corrected chi connectivity index (χ2v) is 7.87. The van der Waals surface area contributed by atoms with Gasteiger partial charge in [0.25, 0.3) is 0 Å². The molecular formula is C21H26N2O2S. The Morgan fingerprint density at radius 3 is 2.38 bits per heavy atom. The van der Waals surface area contributed by atoms with Crippen LogP contribution in [0.5, 0.6) is 0 Å². The first kappa shape index (κ1) is 19.0. The molecule has 26 heavy (non-hydrogen) atoms. The molecular weight excluding hydrogens is 344 g/mol. The van der Waals surface area contributed by atoms with Crippen LogP contribution in [-0.4, -0.2) is 41.1 Å². The number of nitrogens with zero attached hydrogens (tertiary/aromatic N) is 1. The molecule has 1 saturated carbocycles. The summed E-state index contributed by atoms with van der Waals surface area (Å²) in [4.78, 5) is 15.4. The lowest BCUT2D eigenvalue weighted by Gasteiger charge is -2.42. The SMILES string of the molecule is CCN(CC(=O)O)C1CC(NCc2ccc(Sc3ccccc3)cc2)C1. The van der Waals surface area contributed by atoms with Crippen molar-refractivity contribution in [1.29, 1.82) is 0 Å². The first-order chi connectivity index (χ1) is 12.6. The molecule has 0 aliphatic heterocycles. The van der Waals surface area contributed by atoms with Crippen molar-refractivity contribution in [3.63, 3.8) is 0 Å². The molecule has 2 aromatic rings. The molecule has 0 spiro atoms. The van der Waals surface area contributed by atoms with Crippen LogP contribution in [0, 0.1) is 0 Å². The molecule has 0 saturated heterocycles. The number of carbonyl (C=O) groups is 1. The topological polar surface area (TPSA) is 52.6 Å². The zero-order valence-electron chi connectivity index (χ0n) is 15.1. The maximum atomic E-state index is 10.9. The highest BCUT2D eigenvalue weighted by Gasteiger charge is 2.33. The van der Waals surface area contributed by atoms with Gasteiger partial charge in [0.15, 0.2) is 0 Å². The Bertz CT molecular complexity index is 700. The monoisotopic (exact) mass is 370 g/mol. The molecule has 0 bridgehead atoms. The van der Waals surface area contributed by atoms with Crippen LogP contribution >= 0.6 is 11.8 Å². The molecule has 0 atom stereocenters. The van der Waals surface area contributed by atoms with Crippen molar-refractivity contribution in [3.05, 3.63) is 60.2 Å². The molecule has 0 heterocycles. The molecule has 0 aromatic heterocycles. The lowest BCUT2D eigenvalue weighted by Crippen LogP contribution is -2.53. The summed E-state index contributed by atoms with van der Waals surface area (Å²) in [6.45, 7) is 3.83. The standard InChI is InChI=1S/C21H26N2O2S/c1-2-23(15-21(24)25)18-12-17(13-18)22-14-16-8-10-20(11-9-16)26-19-6-4-3-5-7-19/h3-11,17-18,22H,2,12-15H2,1H3,(H,24,25). The second kappa shape index (κ2) is 9.21. The number of rotatable bonds is 9. The number of carboxylic acids is 1. The van der Waals surface area contributed by atoms with Crippen LogP contribution in [-0.2, 0) is 11.3 Å². The minimum absolute atomic E-state index is 0.147. The largest absolute Gasteiger partial charge is 0.480 e. The van der Waals surface area contributed by atoms with Crippen molar-refractivity contribution >= 4 is 17.7 Å². The van der Waals surface area contributed by atoms with Gasteiger partial charge < -0.3 is 10.4 Å². The fourth-order valence-corrected chi connectivity index (χ4v) is 4.13. The quantitative estimate of drug-likeness (QED) is 0.702. The molecule has 0 radical (unpaired) electrons. The van der Waals surface area contributed by atoms with Crippen LogP contribution in [0.1, 0.15) is 25.3 Å². The molecule has 0 amide bonds. The molecule has 1 aliphatic carbocycles. The molecule has 1 aliphatic rings. The van der Waals surface area contributed by atoms with E-state index in [1.807, 2.05) is 13.0 Å². The Morgan fingerprint density at radius 2 is 1.77 bits per heavy atom. The normalized spacial score (nSPS) is 19.3. The second-order valence-electron chi connectivity index (χ2n) is 6.72. The van der Waals surface area contributed by atoms with E-state index in [9.17, 15) is 4.79 Å². The van der Waals surface area contributed by atoms with Gasteiger partial charge in [-0.1, -0.05) is 49.0 Å². The predicted octanol–water partition coefficient (Wildman–Crippen LogP) is 3.86. The number of hydrogen-bond donors (Lipinski definition) is 2. The van der Waals surface area contributed by atoms with Crippen LogP contribution in [0.25, 0.3) is 0 Å². The van der Waals surface area contributed by atoms with Gasteiger partial charge >= 0.3 is 5.97 Å². The highest BCUT2D eigenvalue weighted by Crippen LogP contribution is 2.28. The third-order valence-corrected chi connectivity index (χ3v) is 5.89. The van der Waals surface area contributed by atoms with Gasteiger partial charge in [0, 0.05) is 28.4 Å². The predicted molar refractivity (Wildman–Crippen MR) is 106 cm³/mol. The van der Waals surface area contributed by atoms with Gasteiger partial charge in [-0.3, -0.25) is 9.69 Å². The summed E-state index contributed by atoms with van der Waals surface area (Å²) in [6.07, 6.45) is 2.06. The van der Waals surface area contributed by atoms with E-state index in [1.54, 1.807) is 11.8 Å². The van der Waals surface area contributed by atoms with Gasteiger partial charge in [-0.25, -0.2) is 0 Å². The Morgan fingerprint density at radius 1 is 1.12 bits per heavy atom. The third-order valence-electron chi connectivity index (χ3n) is 4.87. The van der Waals surface area contributed by atoms with Gasteiger partial charge in [-0.2, -0.15) is 0 Å². The minimum Gasteiger partial charge on any atom is -0.480 e. The van der Waals surface area contributed by atoms with Crippen LogP contribution in [0.2, 0.25) is 0 Å². The van der Waals surface area contributed by atoms with Crippen LogP contribution < -0.4 is 5.32 Å². The number of likely N-dealkylation sites (N-methyl/N-ethyl adjacent to an activating group) is 1. The van der Waals surface area contributed by atoms with Gasteiger partial charge in [0.1, 0.15) is 0 Å². The van der Waals surface area contributed by atoms with Crippen molar-refractivity contribution in [3.8, 4) is 0 Å². The summed E-state index contributed by atoms with van der Waals surface area (Å²) in [5.74, 6) is -0.739. The summed E-state index contributed by atoms with van der Waals surface area (Å²) in [7, 11) is 0. The van der Waals surface area contributed by atoms with Gasteiger partial charge in [0.05, 0.1) is 6.54 Å². The molecule has 3 rings (SSSR count). The maximum absolute atomic E-state index is 10.9. The zero-order valence-corrected chi connectivity index (χ0v) is 15.9. The van der Waals surface area contributed by atoms with E-state index in [4.69, 9.17) is 5.11 Å². The van der Waals surface area contributed by atoms with Gasteiger partial charge in [0.2, 0.25) is 0 Å². The Kier molecular flexibility index (Phi) is 6.72. The Hall–Kier alpha value is -1.82. The fraction of sp³-hybridized carbons (Fsp3) is 0.381. The number of nitrogens with one attached hydrogen (secondary N) is 1. The molecule has 2 N–H and O–H groups in total. The van der Waals surface area contributed by atoms with Crippen molar-refractivity contribution in [2.75, 3.05) is 13.1 Å². The van der Waals surface area contributed by atoms with E-state index in [2.05, 4.69) is 58.7 Å². The summed E-state index contributed by atoms with van der Waals surface area (Å²) in [6, 6.07) is 20.0. The first-order valence-electron chi connectivity index (χ1n) is 9.15. The van der Waals surface area contributed by atoms with E-state index >= 15 is 0 Å². The Balaban J connectivity index is 1.41. The van der Waals surface area contributed by atoms with E-state index in [0.29, 0.717) is 12.1 Å². The molecule has 0 unspecified atom stereocenters. The smallest absolute Gasteiger partial charge is 0.317 e. The number of carboxylic acid groups (broad SMARTS) is 1. The van der Waals surface area contributed by atoms with Crippen LogP contribution in [0.15, 0.2) is 64.4 Å². The van der Waals surface area contributed by atoms with E-state index in [1.165, 1.54) is 15.4 Å². The zero-order chi connectivity index (χ0) is 18.4. The summed E-state index contributed by atoms with van der Waals surface area (Å²) in [5, 5.41) is 12.5. The lowest BCUT2D eigenvalue weighted by molar-refractivity contribution is -0.139. The van der Waals surface area contributed by atoms with Crippen LogP contribution in [0.4, 0.5) is 0 Å². The van der Waals surface area contributed by atoms with E-state index < -0.39 is 5.97 Å². The lowest BCUT2D eigenvalue weighted by atomic mass is 9.85. The maximum Gasteiger partial charge on any atom is 0.317 e. The van der Waals surface area contributed by atoms with Crippen LogP contribution in [0.3, 0.4) is 0 Å². The summed E-state index contributed by atoms with van der Waals surface area (Å²) in [5.41, 5.74) is 1.28. The highest BCUT2D eigenvalue weighted by molar-refractivity contribution is 7.99. The molecule has 4 nitrogen and oxygen atoms in total. The van der Waals surface area contributed by atoms with Crippen molar-refractivity contribution in [2.24, 2.45) is 0 Å². The molecule has 2 aromatic carbocycles. The highest BCUT2D eigenvalue weighted by atomic mass is 32.2. The molecule has 5 heteroatoms. The van der Waals surface area contributed by atoms with Crippen molar-refractivity contribution < 1.29 is 9.90 Å². The number of hydrogen-bond acceptors (Lipinski definition) is 4. The van der Waals surface area contributed by atoms with Crippen molar-refractivity contribution in [2.45, 2.75) is 48.2 Å².